The minimum atomic E-state index is -1.06. The van der Waals surface area contributed by atoms with Gasteiger partial charge in [-0.25, -0.2) is 14.8 Å². The van der Waals surface area contributed by atoms with E-state index in [1.54, 1.807) is 13.0 Å². The maximum atomic E-state index is 10.9. The molecule has 0 spiro atoms. The molecule has 0 radical (unpaired) electrons. The summed E-state index contributed by atoms with van der Waals surface area (Å²) in [6.45, 7) is 1.62. The third kappa shape index (κ3) is 1.00. The molecular weight excluding hydrogens is 184 g/mol. The van der Waals surface area contributed by atoms with Crippen LogP contribution in [0.25, 0.3) is 5.65 Å². The monoisotopic (exact) mass is 192 g/mol. The third-order valence-corrected chi connectivity index (χ3v) is 1.94. The first-order chi connectivity index (χ1) is 6.61. The van der Waals surface area contributed by atoms with E-state index in [1.165, 1.54) is 10.6 Å². The van der Waals surface area contributed by atoms with Crippen LogP contribution in [0, 0.1) is 6.92 Å². The van der Waals surface area contributed by atoms with E-state index in [0.717, 1.165) is 0 Å². The van der Waals surface area contributed by atoms with E-state index in [0.29, 0.717) is 11.3 Å². The summed E-state index contributed by atoms with van der Waals surface area (Å²) in [6, 6.07) is 1.61. The van der Waals surface area contributed by atoms with E-state index in [9.17, 15) is 4.79 Å². The summed E-state index contributed by atoms with van der Waals surface area (Å²) in [6.07, 6.45) is 1.49. The zero-order valence-corrected chi connectivity index (χ0v) is 7.43. The number of hydrogen-bond donors (Lipinski definition) is 2. The molecule has 0 aliphatic heterocycles. The first-order valence-corrected chi connectivity index (χ1v) is 3.94. The average molecular weight is 192 g/mol. The van der Waals surface area contributed by atoms with Gasteiger partial charge in [0.1, 0.15) is 5.65 Å². The maximum Gasteiger partial charge on any atom is 0.354 e. The Kier molecular flexibility index (Phi) is 1.63. The van der Waals surface area contributed by atoms with Crippen LogP contribution in [0.1, 0.15) is 16.2 Å². The van der Waals surface area contributed by atoms with Crippen molar-refractivity contribution in [2.75, 3.05) is 5.73 Å². The van der Waals surface area contributed by atoms with Gasteiger partial charge in [0.05, 0.1) is 5.69 Å². The summed E-state index contributed by atoms with van der Waals surface area (Å²) in [5, 5.41) is 8.93. The van der Waals surface area contributed by atoms with Crippen LogP contribution in [0.5, 0.6) is 0 Å². The smallest absolute Gasteiger partial charge is 0.354 e. The van der Waals surface area contributed by atoms with Crippen molar-refractivity contribution in [3.8, 4) is 0 Å². The summed E-state index contributed by atoms with van der Waals surface area (Å²) >= 11 is 0. The molecule has 14 heavy (non-hydrogen) atoms. The van der Waals surface area contributed by atoms with Crippen LogP contribution in [0.4, 0.5) is 5.95 Å². The molecule has 0 bridgehead atoms. The fourth-order valence-corrected chi connectivity index (χ4v) is 1.38. The van der Waals surface area contributed by atoms with Crippen molar-refractivity contribution in [1.82, 2.24) is 14.4 Å². The Bertz CT molecular complexity index is 517. The van der Waals surface area contributed by atoms with Gasteiger partial charge in [-0.3, -0.25) is 4.40 Å². The number of imidazole rings is 1. The summed E-state index contributed by atoms with van der Waals surface area (Å²) < 4.78 is 1.32. The minimum absolute atomic E-state index is 0.0607. The Balaban J connectivity index is 2.93. The second-order valence-corrected chi connectivity index (χ2v) is 2.85. The molecule has 0 aromatic carbocycles. The van der Waals surface area contributed by atoms with Crippen LogP contribution in [-0.2, 0) is 0 Å². The van der Waals surface area contributed by atoms with E-state index in [4.69, 9.17) is 10.8 Å². The van der Waals surface area contributed by atoms with Crippen LogP contribution < -0.4 is 5.73 Å². The largest absolute Gasteiger partial charge is 0.477 e. The molecule has 72 valence electrons. The number of anilines is 1. The molecule has 0 unspecified atom stereocenters. The molecule has 0 aliphatic rings. The lowest BCUT2D eigenvalue weighted by Gasteiger charge is -1.99. The molecule has 2 aromatic rings. The van der Waals surface area contributed by atoms with Crippen LogP contribution >= 0.6 is 0 Å². The van der Waals surface area contributed by atoms with Gasteiger partial charge in [0, 0.05) is 6.20 Å². The predicted octanol–water partition coefficient (Wildman–Crippen LogP) is 0.318. The molecule has 0 fully saturated rings. The van der Waals surface area contributed by atoms with Crippen LogP contribution in [0.3, 0.4) is 0 Å². The summed E-state index contributed by atoms with van der Waals surface area (Å²) in [5.74, 6) is -0.935. The maximum absolute atomic E-state index is 10.9. The van der Waals surface area contributed by atoms with Crippen molar-refractivity contribution in [3.63, 3.8) is 0 Å². The fourth-order valence-electron chi connectivity index (χ4n) is 1.38. The van der Waals surface area contributed by atoms with E-state index in [1.807, 2.05) is 0 Å². The lowest BCUT2D eigenvalue weighted by Crippen LogP contribution is -2.08. The van der Waals surface area contributed by atoms with Crippen molar-refractivity contribution >= 4 is 17.6 Å². The fraction of sp³-hybridized carbons (Fsp3) is 0.125. The molecule has 6 nitrogen and oxygen atoms in total. The highest BCUT2D eigenvalue weighted by atomic mass is 16.4. The number of carbonyl (C=O) groups is 1. The van der Waals surface area contributed by atoms with Gasteiger partial charge in [0.2, 0.25) is 5.95 Å². The lowest BCUT2D eigenvalue weighted by molar-refractivity contribution is 0.0688. The number of nitrogens with zero attached hydrogens (tertiary/aromatic N) is 3. The van der Waals surface area contributed by atoms with Crippen LogP contribution in [-0.4, -0.2) is 25.4 Å². The first kappa shape index (κ1) is 8.49. The molecule has 0 amide bonds. The minimum Gasteiger partial charge on any atom is -0.477 e. The SMILES string of the molecule is Cc1nc2ccnc(N)n2c1C(=O)O. The topological polar surface area (TPSA) is 93.5 Å². The lowest BCUT2D eigenvalue weighted by atomic mass is 10.3. The van der Waals surface area contributed by atoms with E-state index in [-0.39, 0.29) is 11.6 Å². The summed E-state index contributed by atoms with van der Waals surface area (Å²) in [7, 11) is 0. The molecule has 3 N–H and O–H groups in total. The van der Waals surface area contributed by atoms with E-state index in [2.05, 4.69) is 9.97 Å². The molecular formula is C8H8N4O2. The Labute approximate surface area is 79.0 Å². The number of aryl methyl sites for hydroxylation is 1. The van der Waals surface area contributed by atoms with Crippen LogP contribution in [0.15, 0.2) is 12.3 Å². The first-order valence-electron chi connectivity index (χ1n) is 3.94. The van der Waals surface area contributed by atoms with E-state index < -0.39 is 5.97 Å². The number of fused-ring (bicyclic) bond motifs is 1. The van der Waals surface area contributed by atoms with Gasteiger partial charge in [-0.2, -0.15) is 0 Å². The molecule has 6 heteroatoms. The van der Waals surface area contributed by atoms with Gasteiger partial charge >= 0.3 is 5.97 Å². The number of nitrogen functional groups attached to an aromatic ring is 1. The molecule has 2 heterocycles. The standard InChI is InChI=1S/C8H8N4O2/c1-4-6(7(13)14)12-5(11-4)2-3-10-8(12)9/h2-3H,1H3,(H2,9,10)(H,13,14). The number of carboxylic acid groups (broad SMARTS) is 1. The number of rotatable bonds is 1. The summed E-state index contributed by atoms with van der Waals surface area (Å²) in [5.41, 5.74) is 6.54. The zero-order chi connectivity index (χ0) is 10.3. The van der Waals surface area contributed by atoms with Gasteiger partial charge < -0.3 is 10.8 Å². The number of nitrogens with two attached hydrogens (primary N) is 1. The van der Waals surface area contributed by atoms with Crippen molar-refractivity contribution in [2.45, 2.75) is 6.92 Å². The van der Waals surface area contributed by atoms with Gasteiger partial charge in [-0.05, 0) is 13.0 Å². The second-order valence-electron chi connectivity index (χ2n) is 2.85. The van der Waals surface area contributed by atoms with Crippen molar-refractivity contribution < 1.29 is 9.90 Å². The number of aromatic nitrogens is 3. The van der Waals surface area contributed by atoms with Gasteiger partial charge in [0.25, 0.3) is 0 Å². The predicted molar refractivity (Wildman–Crippen MR) is 49.1 cm³/mol. The highest BCUT2D eigenvalue weighted by molar-refractivity contribution is 5.88. The van der Waals surface area contributed by atoms with E-state index >= 15 is 0 Å². The second kappa shape index (κ2) is 2.69. The molecule has 0 saturated heterocycles. The van der Waals surface area contributed by atoms with Gasteiger partial charge in [-0.1, -0.05) is 0 Å². The highest BCUT2D eigenvalue weighted by Gasteiger charge is 2.16. The molecule has 2 rings (SSSR count). The summed E-state index contributed by atoms with van der Waals surface area (Å²) in [4.78, 5) is 18.8. The molecule has 2 aromatic heterocycles. The van der Waals surface area contributed by atoms with Gasteiger partial charge in [0.15, 0.2) is 5.69 Å². The third-order valence-electron chi connectivity index (χ3n) is 1.94. The van der Waals surface area contributed by atoms with Crippen molar-refractivity contribution in [2.24, 2.45) is 0 Å². The number of carboxylic acids is 1. The Morgan fingerprint density at radius 3 is 3.00 bits per heavy atom. The van der Waals surface area contributed by atoms with Crippen molar-refractivity contribution in [3.05, 3.63) is 23.7 Å². The molecule has 0 saturated carbocycles. The quantitative estimate of drug-likeness (QED) is 0.678. The van der Waals surface area contributed by atoms with Crippen molar-refractivity contribution in [1.29, 1.82) is 0 Å². The number of hydrogen-bond acceptors (Lipinski definition) is 4. The normalized spacial score (nSPS) is 10.6. The van der Waals surface area contributed by atoms with Crippen LogP contribution in [0.2, 0.25) is 0 Å². The Hall–Kier alpha value is -2.11. The molecule has 0 aliphatic carbocycles. The Morgan fingerprint density at radius 2 is 2.36 bits per heavy atom. The Morgan fingerprint density at radius 1 is 1.64 bits per heavy atom. The highest BCUT2D eigenvalue weighted by Crippen LogP contribution is 2.14. The average Bonchev–Trinajstić information content (AvgIpc) is 2.42. The van der Waals surface area contributed by atoms with Gasteiger partial charge in [-0.15, -0.1) is 0 Å². The number of aromatic carboxylic acids is 1. The molecule has 0 atom stereocenters. The zero-order valence-electron chi connectivity index (χ0n) is 7.43.